The van der Waals surface area contributed by atoms with Gasteiger partial charge in [0.25, 0.3) is 0 Å². The maximum absolute atomic E-state index is 10.2. The molecule has 7 N–H and O–H groups in total. The van der Waals surface area contributed by atoms with Gasteiger partial charge in [-0.3, -0.25) is 10.2 Å². The molecule has 8 nitrogen and oxygen atoms in total. The van der Waals surface area contributed by atoms with Crippen LogP contribution in [0.3, 0.4) is 0 Å². The number of carboxylic acid groups (broad SMARTS) is 1. The summed E-state index contributed by atoms with van der Waals surface area (Å²) in [6, 6.07) is -0.821. The Morgan fingerprint density at radius 1 is 1.55 bits per heavy atom. The first-order valence-electron chi connectivity index (χ1n) is 6.55. The number of guanidine groups is 1. The summed E-state index contributed by atoms with van der Waals surface area (Å²) in [6.45, 7) is 4.80. The molecule has 0 radical (unpaired) electrons. The van der Waals surface area contributed by atoms with E-state index in [0.717, 1.165) is 13.2 Å². The molecule has 0 bridgehead atoms. The van der Waals surface area contributed by atoms with Crippen LogP contribution in [0.5, 0.6) is 0 Å². The van der Waals surface area contributed by atoms with Gasteiger partial charge >= 0.3 is 5.97 Å². The van der Waals surface area contributed by atoms with Crippen molar-refractivity contribution in [2.75, 3.05) is 26.8 Å². The van der Waals surface area contributed by atoms with Crippen molar-refractivity contribution in [1.29, 1.82) is 5.41 Å². The SMILES string of the molecule is CCN1C=CN(C)C1.N=C(N)NCCCC(N)C(=O)O. The fraction of sp³-hybridized carbons (Fsp3) is 0.667. The van der Waals surface area contributed by atoms with Crippen LogP contribution in [-0.2, 0) is 4.79 Å². The normalized spacial score (nSPS) is 14.6. The van der Waals surface area contributed by atoms with Crippen molar-refractivity contribution in [3.63, 3.8) is 0 Å². The first-order valence-corrected chi connectivity index (χ1v) is 6.55. The number of nitrogens with one attached hydrogen (secondary N) is 2. The molecule has 1 rings (SSSR count). The first kappa shape index (κ1) is 18.0. The van der Waals surface area contributed by atoms with Crippen LogP contribution in [0.2, 0.25) is 0 Å². The molecule has 1 atom stereocenters. The van der Waals surface area contributed by atoms with Crippen molar-refractivity contribution in [2.24, 2.45) is 11.5 Å². The van der Waals surface area contributed by atoms with Gasteiger partial charge < -0.3 is 31.7 Å². The van der Waals surface area contributed by atoms with E-state index in [4.69, 9.17) is 22.0 Å². The van der Waals surface area contributed by atoms with E-state index < -0.39 is 12.0 Å². The maximum Gasteiger partial charge on any atom is 0.320 e. The molecule has 8 heteroatoms. The highest BCUT2D eigenvalue weighted by molar-refractivity contribution is 5.74. The predicted octanol–water partition coefficient (Wildman–Crippen LogP) is -0.656. The van der Waals surface area contributed by atoms with Gasteiger partial charge in [-0.05, 0) is 19.8 Å². The number of nitrogens with zero attached hydrogens (tertiary/aromatic N) is 2. The maximum atomic E-state index is 10.2. The Labute approximate surface area is 119 Å². The zero-order chi connectivity index (χ0) is 15.5. The lowest BCUT2D eigenvalue weighted by molar-refractivity contribution is -0.138. The molecule has 0 saturated carbocycles. The Balaban J connectivity index is 0.000000388. The second-order valence-corrected chi connectivity index (χ2v) is 4.53. The zero-order valence-corrected chi connectivity index (χ0v) is 12.2. The Morgan fingerprint density at radius 2 is 2.20 bits per heavy atom. The second kappa shape index (κ2) is 9.90. The largest absolute Gasteiger partial charge is 0.480 e. The van der Waals surface area contributed by atoms with Gasteiger partial charge in [0, 0.05) is 32.5 Å². The second-order valence-electron chi connectivity index (χ2n) is 4.53. The lowest BCUT2D eigenvalue weighted by atomic mass is 10.2. The van der Waals surface area contributed by atoms with Crippen molar-refractivity contribution in [2.45, 2.75) is 25.8 Å². The Morgan fingerprint density at radius 3 is 2.55 bits per heavy atom. The number of carbonyl (C=O) groups is 1. The minimum Gasteiger partial charge on any atom is -0.480 e. The minimum atomic E-state index is -1.00. The third kappa shape index (κ3) is 9.03. The smallest absolute Gasteiger partial charge is 0.320 e. The number of carboxylic acids is 1. The number of hydrogen-bond donors (Lipinski definition) is 5. The summed E-state index contributed by atoms with van der Waals surface area (Å²) in [7, 11) is 2.08. The van der Waals surface area contributed by atoms with Crippen LogP contribution in [0.15, 0.2) is 12.4 Å². The molecule has 1 heterocycles. The van der Waals surface area contributed by atoms with E-state index in [1.54, 1.807) is 0 Å². The summed E-state index contributed by atoms with van der Waals surface area (Å²) in [5, 5.41) is 17.7. The van der Waals surface area contributed by atoms with Crippen molar-refractivity contribution in [3.05, 3.63) is 12.4 Å². The molecule has 0 aliphatic carbocycles. The molecule has 0 fully saturated rings. The van der Waals surface area contributed by atoms with Gasteiger partial charge in [-0.1, -0.05) is 0 Å². The van der Waals surface area contributed by atoms with E-state index in [0.29, 0.717) is 19.4 Å². The highest BCUT2D eigenvalue weighted by Gasteiger charge is 2.09. The van der Waals surface area contributed by atoms with E-state index >= 15 is 0 Å². The van der Waals surface area contributed by atoms with Crippen LogP contribution in [0.1, 0.15) is 19.8 Å². The Hall–Kier alpha value is -1.96. The molecular formula is C12H26N6O2. The summed E-state index contributed by atoms with van der Waals surface area (Å²) >= 11 is 0. The molecule has 0 spiro atoms. The van der Waals surface area contributed by atoms with Gasteiger partial charge in [0.05, 0.1) is 6.67 Å². The summed E-state index contributed by atoms with van der Waals surface area (Å²) in [5.74, 6) is -1.11. The molecule has 116 valence electrons. The minimum absolute atomic E-state index is 0.112. The molecule has 0 aromatic rings. The summed E-state index contributed by atoms with van der Waals surface area (Å²) in [6.07, 6.45) is 5.17. The number of hydrogen-bond acceptors (Lipinski definition) is 5. The van der Waals surface area contributed by atoms with Gasteiger partial charge in [-0.25, -0.2) is 0 Å². The molecular weight excluding hydrogens is 260 g/mol. The van der Waals surface area contributed by atoms with Gasteiger partial charge in [0.2, 0.25) is 0 Å². The molecule has 0 saturated heterocycles. The van der Waals surface area contributed by atoms with Crippen LogP contribution in [0.25, 0.3) is 0 Å². The Bertz CT molecular complexity index is 334. The van der Waals surface area contributed by atoms with Crippen molar-refractivity contribution < 1.29 is 9.90 Å². The summed E-state index contributed by atoms with van der Waals surface area (Å²) in [5.41, 5.74) is 10.2. The highest BCUT2D eigenvalue weighted by atomic mass is 16.4. The lowest BCUT2D eigenvalue weighted by Gasteiger charge is -2.14. The van der Waals surface area contributed by atoms with Gasteiger partial charge in [-0.2, -0.15) is 0 Å². The van der Waals surface area contributed by atoms with Gasteiger partial charge in [-0.15, -0.1) is 0 Å². The van der Waals surface area contributed by atoms with E-state index in [1.165, 1.54) is 0 Å². The quantitative estimate of drug-likeness (QED) is 0.249. The van der Waals surface area contributed by atoms with Crippen LogP contribution in [0, 0.1) is 5.41 Å². The third-order valence-corrected chi connectivity index (χ3v) is 2.67. The van der Waals surface area contributed by atoms with E-state index in [2.05, 4.69) is 41.5 Å². The van der Waals surface area contributed by atoms with E-state index in [1.807, 2.05) is 0 Å². The van der Waals surface area contributed by atoms with Crippen LogP contribution >= 0.6 is 0 Å². The number of aliphatic carboxylic acids is 1. The molecule has 1 aliphatic rings. The number of nitrogens with two attached hydrogens (primary N) is 2. The molecule has 0 amide bonds. The average Bonchev–Trinajstić information content (AvgIpc) is 2.80. The molecule has 1 unspecified atom stereocenters. The fourth-order valence-electron chi connectivity index (χ4n) is 1.46. The van der Waals surface area contributed by atoms with Crippen molar-refractivity contribution in [3.8, 4) is 0 Å². The number of rotatable bonds is 6. The average molecular weight is 286 g/mol. The molecule has 1 aliphatic heterocycles. The van der Waals surface area contributed by atoms with Crippen LogP contribution in [0.4, 0.5) is 0 Å². The topological polar surface area (TPSA) is 132 Å². The zero-order valence-electron chi connectivity index (χ0n) is 12.2. The van der Waals surface area contributed by atoms with Crippen molar-refractivity contribution in [1.82, 2.24) is 15.1 Å². The molecule has 0 aromatic carbocycles. The van der Waals surface area contributed by atoms with Gasteiger partial charge in [0.15, 0.2) is 5.96 Å². The van der Waals surface area contributed by atoms with E-state index in [-0.39, 0.29) is 5.96 Å². The standard InChI is InChI=1S/C6H14N4O2.C6H12N2/c7-4(5(11)12)2-1-3-10-6(8)9;1-3-8-5-4-7(2)6-8/h4H,1-3,7H2,(H,11,12)(H4,8,9,10);4-5H,3,6H2,1-2H3. The molecule has 0 aromatic heterocycles. The predicted molar refractivity (Wildman–Crippen MR) is 78.9 cm³/mol. The summed E-state index contributed by atoms with van der Waals surface area (Å²) < 4.78 is 0. The lowest BCUT2D eigenvalue weighted by Crippen LogP contribution is -2.34. The van der Waals surface area contributed by atoms with Crippen molar-refractivity contribution >= 4 is 11.9 Å². The van der Waals surface area contributed by atoms with Crippen LogP contribution < -0.4 is 16.8 Å². The van der Waals surface area contributed by atoms with Gasteiger partial charge in [0.1, 0.15) is 6.04 Å². The highest BCUT2D eigenvalue weighted by Crippen LogP contribution is 2.00. The molecule has 20 heavy (non-hydrogen) atoms. The van der Waals surface area contributed by atoms with E-state index in [9.17, 15) is 4.79 Å². The summed E-state index contributed by atoms with van der Waals surface area (Å²) in [4.78, 5) is 14.6. The third-order valence-electron chi connectivity index (χ3n) is 2.67. The van der Waals surface area contributed by atoms with Crippen LogP contribution in [-0.4, -0.2) is 59.7 Å². The monoisotopic (exact) mass is 286 g/mol. The first-order chi connectivity index (χ1) is 9.36. The Kier molecular flexibility index (Phi) is 8.93. The fourth-order valence-corrected chi connectivity index (χ4v) is 1.46.